The van der Waals surface area contributed by atoms with Crippen LogP contribution >= 0.6 is 0 Å². The quantitative estimate of drug-likeness (QED) is 0.799. The van der Waals surface area contributed by atoms with Gasteiger partial charge in [0.25, 0.3) is 0 Å². The van der Waals surface area contributed by atoms with E-state index in [-0.39, 0.29) is 5.41 Å². The Morgan fingerprint density at radius 1 is 1.22 bits per heavy atom. The third-order valence-electron chi connectivity index (χ3n) is 3.76. The van der Waals surface area contributed by atoms with Crippen LogP contribution in [0, 0.1) is 12.3 Å². The van der Waals surface area contributed by atoms with Crippen molar-refractivity contribution >= 4 is 5.69 Å². The van der Waals surface area contributed by atoms with Gasteiger partial charge < -0.3 is 10.6 Å². The van der Waals surface area contributed by atoms with Gasteiger partial charge >= 0.3 is 0 Å². The molecule has 0 heterocycles. The second-order valence-electron chi connectivity index (χ2n) is 5.57. The van der Waals surface area contributed by atoms with Crippen molar-refractivity contribution in [2.45, 2.75) is 40.5 Å². The molecule has 0 bridgehead atoms. The molecule has 102 valence electrons. The Bertz CT molecular complexity index is 362. The molecule has 1 aromatic carbocycles. The lowest BCUT2D eigenvalue weighted by atomic mass is 9.85. The van der Waals surface area contributed by atoms with Crippen LogP contribution in [-0.4, -0.2) is 19.6 Å². The number of nitrogens with zero attached hydrogens (tertiary/aromatic N) is 1. The highest BCUT2D eigenvalue weighted by Crippen LogP contribution is 2.27. The highest BCUT2D eigenvalue weighted by atomic mass is 15.1. The summed E-state index contributed by atoms with van der Waals surface area (Å²) in [5.74, 6) is 0. The molecule has 0 saturated heterocycles. The minimum atomic E-state index is 0.215. The number of aryl methyl sites for hydroxylation is 1. The molecular formula is C16H28N2. The molecule has 0 aliphatic heterocycles. The van der Waals surface area contributed by atoms with Gasteiger partial charge in [-0.1, -0.05) is 38.5 Å². The molecule has 0 aromatic heterocycles. The molecule has 1 atom stereocenters. The molecule has 1 aromatic rings. The standard InChI is InChI=1S/C16H28N2/c1-5-11-16(4,12-17)13-18(6-2)15-10-8-7-9-14(15)3/h7-10H,5-6,11-13,17H2,1-4H3. The topological polar surface area (TPSA) is 29.3 Å². The van der Waals surface area contributed by atoms with Crippen LogP contribution in [0.3, 0.4) is 0 Å². The molecule has 1 unspecified atom stereocenters. The fourth-order valence-electron chi connectivity index (χ4n) is 2.60. The Morgan fingerprint density at radius 2 is 1.89 bits per heavy atom. The van der Waals surface area contributed by atoms with Gasteiger partial charge in [-0.05, 0) is 43.9 Å². The molecule has 2 N–H and O–H groups in total. The van der Waals surface area contributed by atoms with Crippen molar-refractivity contribution in [3.8, 4) is 0 Å². The fourth-order valence-corrected chi connectivity index (χ4v) is 2.60. The number of benzene rings is 1. The number of hydrogen-bond donors (Lipinski definition) is 1. The zero-order valence-electron chi connectivity index (χ0n) is 12.4. The minimum Gasteiger partial charge on any atom is -0.371 e. The second-order valence-corrected chi connectivity index (χ2v) is 5.57. The van der Waals surface area contributed by atoms with E-state index in [0.29, 0.717) is 0 Å². The van der Waals surface area contributed by atoms with Crippen molar-refractivity contribution in [1.29, 1.82) is 0 Å². The second kappa shape index (κ2) is 6.79. The molecule has 2 nitrogen and oxygen atoms in total. The molecular weight excluding hydrogens is 220 g/mol. The Balaban J connectivity index is 2.88. The average molecular weight is 248 g/mol. The van der Waals surface area contributed by atoms with Crippen LogP contribution in [0.25, 0.3) is 0 Å². The first-order valence-electron chi connectivity index (χ1n) is 7.07. The molecule has 2 heteroatoms. The zero-order valence-corrected chi connectivity index (χ0v) is 12.4. The smallest absolute Gasteiger partial charge is 0.0396 e. The lowest BCUT2D eigenvalue weighted by Crippen LogP contribution is -2.41. The van der Waals surface area contributed by atoms with Crippen molar-refractivity contribution in [2.75, 3.05) is 24.5 Å². The number of hydrogen-bond acceptors (Lipinski definition) is 2. The summed E-state index contributed by atoms with van der Waals surface area (Å²) in [4.78, 5) is 2.46. The Labute approximate surface area is 112 Å². The van der Waals surface area contributed by atoms with E-state index < -0.39 is 0 Å². The summed E-state index contributed by atoms with van der Waals surface area (Å²) in [5.41, 5.74) is 8.89. The highest BCUT2D eigenvalue weighted by Gasteiger charge is 2.24. The summed E-state index contributed by atoms with van der Waals surface area (Å²) in [5, 5.41) is 0. The Morgan fingerprint density at radius 3 is 2.39 bits per heavy atom. The maximum absolute atomic E-state index is 5.99. The van der Waals surface area contributed by atoms with Gasteiger partial charge in [0, 0.05) is 18.8 Å². The summed E-state index contributed by atoms with van der Waals surface area (Å²) in [6.45, 7) is 11.8. The third kappa shape index (κ3) is 3.74. The van der Waals surface area contributed by atoms with Crippen molar-refractivity contribution in [3.05, 3.63) is 29.8 Å². The number of anilines is 1. The predicted octanol–water partition coefficient (Wildman–Crippen LogP) is 3.59. The molecule has 0 fully saturated rings. The van der Waals surface area contributed by atoms with Crippen molar-refractivity contribution in [2.24, 2.45) is 11.1 Å². The van der Waals surface area contributed by atoms with E-state index in [1.54, 1.807) is 0 Å². The summed E-state index contributed by atoms with van der Waals surface area (Å²) in [6.07, 6.45) is 2.38. The lowest BCUT2D eigenvalue weighted by Gasteiger charge is -2.36. The molecule has 0 amide bonds. The summed E-state index contributed by atoms with van der Waals surface area (Å²) < 4.78 is 0. The zero-order chi connectivity index (χ0) is 13.6. The van der Waals surface area contributed by atoms with E-state index in [9.17, 15) is 0 Å². The van der Waals surface area contributed by atoms with Crippen molar-refractivity contribution < 1.29 is 0 Å². The van der Waals surface area contributed by atoms with Crippen LogP contribution in [-0.2, 0) is 0 Å². The van der Waals surface area contributed by atoms with E-state index in [2.05, 4.69) is 56.9 Å². The molecule has 18 heavy (non-hydrogen) atoms. The third-order valence-corrected chi connectivity index (χ3v) is 3.76. The van der Waals surface area contributed by atoms with Gasteiger partial charge in [-0.2, -0.15) is 0 Å². The van der Waals surface area contributed by atoms with Gasteiger partial charge in [-0.15, -0.1) is 0 Å². The first-order chi connectivity index (χ1) is 8.56. The highest BCUT2D eigenvalue weighted by molar-refractivity contribution is 5.53. The molecule has 0 aliphatic rings. The normalized spacial score (nSPS) is 14.3. The maximum atomic E-state index is 5.99. The SMILES string of the molecule is CCCC(C)(CN)CN(CC)c1ccccc1C. The minimum absolute atomic E-state index is 0.215. The fraction of sp³-hybridized carbons (Fsp3) is 0.625. The summed E-state index contributed by atoms with van der Waals surface area (Å²) >= 11 is 0. The van der Waals surface area contributed by atoms with Crippen molar-refractivity contribution in [3.63, 3.8) is 0 Å². The van der Waals surface area contributed by atoms with Crippen LogP contribution in [0.2, 0.25) is 0 Å². The largest absolute Gasteiger partial charge is 0.371 e. The number of rotatable bonds is 7. The number of para-hydroxylation sites is 1. The maximum Gasteiger partial charge on any atom is 0.0396 e. The first-order valence-corrected chi connectivity index (χ1v) is 7.07. The van der Waals surface area contributed by atoms with Gasteiger partial charge in [-0.25, -0.2) is 0 Å². The van der Waals surface area contributed by atoms with E-state index in [1.807, 2.05) is 0 Å². The van der Waals surface area contributed by atoms with E-state index in [1.165, 1.54) is 24.1 Å². The van der Waals surface area contributed by atoms with Gasteiger partial charge in [-0.3, -0.25) is 0 Å². The van der Waals surface area contributed by atoms with Crippen LogP contribution in [0.4, 0.5) is 5.69 Å². The molecule has 0 radical (unpaired) electrons. The molecule has 0 spiro atoms. The van der Waals surface area contributed by atoms with Gasteiger partial charge in [0.15, 0.2) is 0 Å². The molecule has 1 rings (SSSR count). The Hall–Kier alpha value is -1.02. The molecule has 0 saturated carbocycles. The van der Waals surface area contributed by atoms with Gasteiger partial charge in [0.2, 0.25) is 0 Å². The predicted molar refractivity (Wildman–Crippen MR) is 81.1 cm³/mol. The van der Waals surface area contributed by atoms with Crippen molar-refractivity contribution in [1.82, 2.24) is 0 Å². The first kappa shape index (κ1) is 15.0. The summed E-state index contributed by atoms with van der Waals surface area (Å²) in [6, 6.07) is 8.60. The van der Waals surface area contributed by atoms with Crippen LogP contribution < -0.4 is 10.6 Å². The van der Waals surface area contributed by atoms with Crippen LogP contribution in [0.1, 0.15) is 39.2 Å². The molecule has 0 aliphatic carbocycles. The number of nitrogens with two attached hydrogens (primary N) is 1. The van der Waals surface area contributed by atoms with Crippen LogP contribution in [0.15, 0.2) is 24.3 Å². The van der Waals surface area contributed by atoms with Crippen LogP contribution in [0.5, 0.6) is 0 Å². The Kier molecular flexibility index (Phi) is 5.67. The van der Waals surface area contributed by atoms with E-state index >= 15 is 0 Å². The summed E-state index contributed by atoms with van der Waals surface area (Å²) in [7, 11) is 0. The van der Waals surface area contributed by atoms with Gasteiger partial charge in [0.05, 0.1) is 0 Å². The van der Waals surface area contributed by atoms with E-state index in [0.717, 1.165) is 19.6 Å². The van der Waals surface area contributed by atoms with Gasteiger partial charge in [0.1, 0.15) is 0 Å². The lowest BCUT2D eigenvalue weighted by molar-refractivity contribution is 0.308. The van der Waals surface area contributed by atoms with E-state index in [4.69, 9.17) is 5.73 Å². The average Bonchev–Trinajstić information content (AvgIpc) is 2.37. The monoisotopic (exact) mass is 248 g/mol.